The molecule has 6 nitrogen and oxygen atoms in total. The van der Waals surface area contributed by atoms with Crippen LogP contribution in [0.15, 0.2) is 18.2 Å². The molecule has 0 aliphatic rings. The van der Waals surface area contributed by atoms with Crippen LogP contribution in [0.4, 0.5) is 0 Å². The van der Waals surface area contributed by atoms with Gasteiger partial charge in [0.15, 0.2) is 0 Å². The Hall–Kier alpha value is -1.66. The molecule has 0 aliphatic heterocycles. The van der Waals surface area contributed by atoms with Crippen LogP contribution < -0.4 is 5.10 Å². The molecule has 3 aromatic heterocycles. The van der Waals surface area contributed by atoms with E-state index in [0.29, 0.717) is 7.55 Å². The number of nitrogens with zero attached hydrogens (tertiary/aromatic N) is 6. The molecule has 23 heavy (non-hydrogen) atoms. The zero-order valence-electron chi connectivity index (χ0n) is 14.5. The van der Waals surface area contributed by atoms with E-state index in [4.69, 9.17) is 0 Å². The van der Waals surface area contributed by atoms with Gasteiger partial charge in [-0.1, -0.05) is 13.0 Å². The molecule has 0 aromatic carbocycles. The average molecular weight is 489 g/mol. The second-order valence-electron chi connectivity index (χ2n) is 5.62. The minimum atomic E-state index is 0. The second-order valence-corrected chi connectivity index (χ2v) is 5.62. The van der Waals surface area contributed by atoms with Crippen molar-refractivity contribution in [2.75, 3.05) is 0 Å². The SMILES string of the molecule is Cc1cc(C)[n-]n1.Cc1cc(C)n(Bn2nc(C)cc2C)n1.[Ir]. The van der Waals surface area contributed by atoms with Crippen molar-refractivity contribution in [2.45, 2.75) is 41.5 Å². The van der Waals surface area contributed by atoms with Gasteiger partial charge in [-0.15, -0.1) is 5.69 Å². The Labute approximate surface area is 151 Å². The van der Waals surface area contributed by atoms with Gasteiger partial charge in [0, 0.05) is 37.2 Å². The number of rotatable bonds is 2. The van der Waals surface area contributed by atoms with Gasteiger partial charge in [-0.05, 0) is 46.8 Å². The van der Waals surface area contributed by atoms with E-state index in [9.17, 15) is 0 Å². The van der Waals surface area contributed by atoms with Crippen LogP contribution in [0, 0.1) is 41.5 Å². The van der Waals surface area contributed by atoms with Crippen LogP contribution in [-0.4, -0.2) is 32.0 Å². The van der Waals surface area contributed by atoms with Crippen LogP contribution in [0.25, 0.3) is 0 Å². The van der Waals surface area contributed by atoms with Crippen molar-refractivity contribution in [3.63, 3.8) is 0 Å². The molecule has 0 spiro atoms. The van der Waals surface area contributed by atoms with E-state index >= 15 is 0 Å². The van der Waals surface area contributed by atoms with E-state index < -0.39 is 0 Å². The van der Waals surface area contributed by atoms with Crippen molar-refractivity contribution in [2.24, 2.45) is 0 Å². The van der Waals surface area contributed by atoms with E-state index in [1.165, 1.54) is 11.4 Å². The summed E-state index contributed by atoms with van der Waals surface area (Å²) < 4.78 is 3.93. The van der Waals surface area contributed by atoms with Crippen LogP contribution in [-0.2, 0) is 20.1 Å². The summed E-state index contributed by atoms with van der Waals surface area (Å²) in [7, 11) is 0.694. The van der Waals surface area contributed by atoms with E-state index in [1.54, 1.807) is 0 Å². The fraction of sp³-hybridized carbons (Fsp3) is 0.400. The summed E-state index contributed by atoms with van der Waals surface area (Å²) in [4.78, 5) is 0. The van der Waals surface area contributed by atoms with Gasteiger partial charge in [0.2, 0.25) is 0 Å². The molecule has 0 amide bonds. The van der Waals surface area contributed by atoms with Gasteiger partial charge in [-0.3, -0.25) is 9.19 Å². The molecule has 0 saturated carbocycles. The fourth-order valence-electron chi connectivity index (χ4n) is 2.28. The molecule has 0 atom stereocenters. The minimum Gasteiger partial charge on any atom is -0.579 e. The number of hydrogen-bond donors (Lipinski definition) is 0. The first kappa shape index (κ1) is 19.4. The Balaban J connectivity index is 0.000000280. The number of hydrogen-bond acceptors (Lipinski definition) is 3. The van der Waals surface area contributed by atoms with Crippen molar-refractivity contribution in [3.05, 3.63) is 52.4 Å². The zero-order chi connectivity index (χ0) is 16.3. The van der Waals surface area contributed by atoms with E-state index in [-0.39, 0.29) is 20.1 Å². The van der Waals surface area contributed by atoms with Gasteiger partial charge in [-0.25, -0.2) is 0 Å². The topological polar surface area (TPSA) is 62.6 Å². The van der Waals surface area contributed by atoms with Crippen LogP contribution in [0.5, 0.6) is 0 Å². The quantitative estimate of drug-likeness (QED) is 0.514. The standard InChI is InChI=1S/C10H15BN4.C5H7N2.Ir/c1-7-5-9(3)14(12-7)11-15-10(4)6-8(2)13-15;1-4-3-5(2)7-6-4;/h5-6,11H,1-4H3;3H,1-2H3;/q;-1;. The van der Waals surface area contributed by atoms with Crippen molar-refractivity contribution in [1.29, 1.82) is 0 Å². The third kappa shape index (κ3) is 5.48. The summed E-state index contributed by atoms with van der Waals surface area (Å²) >= 11 is 0. The fourth-order valence-corrected chi connectivity index (χ4v) is 2.28. The van der Waals surface area contributed by atoms with Crippen LogP contribution >= 0.6 is 0 Å². The van der Waals surface area contributed by atoms with E-state index in [1.807, 2.05) is 42.9 Å². The number of aryl methyl sites for hydroxylation is 6. The molecule has 125 valence electrons. The third-order valence-corrected chi connectivity index (χ3v) is 3.26. The Morgan fingerprint density at radius 1 is 0.783 bits per heavy atom. The van der Waals surface area contributed by atoms with Gasteiger partial charge in [0.25, 0.3) is 0 Å². The van der Waals surface area contributed by atoms with Gasteiger partial charge in [-0.2, -0.15) is 10.2 Å². The van der Waals surface area contributed by atoms with Crippen LogP contribution in [0.2, 0.25) is 0 Å². The summed E-state index contributed by atoms with van der Waals surface area (Å²) in [5.41, 5.74) is 6.43. The molecular formula is C15H22BIrN6-. The van der Waals surface area contributed by atoms with E-state index in [2.05, 4.69) is 46.4 Å². The van der Waals surface area contributed by atoms with Crippen LogP contribution in [0.3, 0.4) is 0 Å². The van der Waals surface area contributed by atoms with Crippen molar-refractivity contribution < 1.29 is 20.1 Å². The predicted octanol–water partition coefficient (Wildman–Crippen LogP) is 1.63. The van der Waals surface area contributed by atoms with Crippen molar-refractivity contribution >= 4 is 7.55 Å². The maximum atomic E-state index is 4.41. The molecule has 3 rings (SSSR count). The average Bonchev–Trinajstić information content (AvgIpc) is 3.03. The third-order valence-electron chi connectivity index (χ3n) is 3.26. The van der Waals surface area contributed by atoms with E-state index in [0.717, 1.165) is 22.8 Å². The monoisotopic (exact) mass is 490 g/mol. The molecule has 0 aliphatic carbocycles. The molecule has 0 unspecified atom stereocenters. The first-order chi connectivity index (χ1) is 10.3. The summed E-state index contributed by atoms with van der Waals surface area (Å²) in [5, 5.41) is 16.4. The Morgan fingerprint density at radius 2 is 1.26 bits per heavy atom. The largest absolute Gasteiger partial charge is 0.579 e. The van der Waals surface area contributed by atoms with Crippen molar-refractivity contribution in [1.82, 2.24) is 29.6 Å². The van der Waals surface area contributed by atoms with Crippen LogP contribution in [0.1, 0.15) is 34.2 Å². The molecule has 3 heterocycles. The summed E-state index contributed by atoms with van der Waals surface area (Å²) in [6, 6.07) is 6.09. The van der Waals surface area contributed by atoms with Crippen molar-refractivity contribution in [3.8, 4) is 0 Å². The molecule has 1 radical (unpaired) electrons. The smallest absolute Gasteiger partial charge is 0.402 e. The summed E-state index contributed by atoms with van der Waals surface area (Å²) in [6.45, 7) is 12.0. The zero-order valence-corrected chi connectivity index (χ0v) is 16.9. The molecule has 3 aromatic rings. The molecule has 0 saturated heterocycles. The van der Waals surface area contributed by atoms with Gasteiger partial charge in [0.05, 0.1) is 11.4 Å². The summed E-state index contributed by atoms with van der Waals surface area (Å²) in [5.74, 6) is 0. The normalized spacial score (nSPS) is 9.83. The molecule has 0 fully saturated rings. The van der Waals surface area contributed by atoms with Gasteiger partial charge >= 0.3 is 7.55 Å². The first-order valence-corrected chi connectivity index (χ1v) is 7.31. The predicted molar refractivity (Wildman–Crippen MR) is 88.4 cm³/mol. The maximum absolute atomic E-state index is 4.41. The molecule has 0 N–H and O–H groups in total. The molecule has 8 heteroatoms. The molecule has 0 bridgehead atoms. The van der Waals surface area contributed by atoms with Gasteiger partial charge < -0.3 is 10.2 Å². The Morgan fingerprint density at radius 3 is 1.48 bits per heavy atom. The maximum Gasteiger partial charge on any atom is 0.402 e. The molecular weight excluding hydrogens is 467 g/mol. The Kier molecular flexibility index (Phi) is 6.97. The Bertz CT molecular complexity index is 697. The number of aromatic nitrogens is 6. The first-order valence-electron chi connectivity index (χ1n) is 7.31. The van der Waals surface area contributed by atoms with Gasteiger partial charge in [0.1, 0.15) is 0 Å². The summed E-state index contributed by atoms with van der Waals surface area (Å²) in [6.07, 6.45) is 0. The minimum absolute atomic E-state index is 0. The second kappa shape index (κ2) is 8.27.